The average Bonchev–Trinajstić information content (AvgIpc) is 2.82. The molecule has 0 atom stereocenters. The smallest absolute Gasteiger partial charge is 0.166 e. The fraction of sp³-hybridized carbons (Fsp3) is 0.625. The minimum Gasteiger partial charge on any atom is -0.354 e. The molecule has 1 aromatic rings. The number of unbranched alkanes of at least 4 members (excludes halogenated alkanes) is 1. The van der Waals surface area contributed by atoms with Gasteiger partial charge in [-0.1, -0.05) is 20.3 Å². The summed E-state index contributed by atoms with van der Waals surface area (Å²) < 4.78 is 2.06. The summed E-state index contributed by atoms with van der Waals surface area (Å²) in [6.45, 7) is 8.70. The number of carbonyl (C=O) groups is 1. The molecule has 0 spiro atoms. The summed E-state index contributed by atoms with van der Waals surface area (Å²) in [6.07, 6.45) is 6.88. The van der Waals surface area contributed by atoms with Crippen LogP contribution in [0.25, 0.3) is 0 Å². The van der Waals surface area contributed by atoms with Crippen LogP contribution in [0.1, 0.15) is 57.3 Å². The number of aryl methyl sites for hydroxylation is 1. The minimum absolute atomic E-state index is 0.0484. The molecular weight excluding hydrogens is 236 g/mol. The SMILES string of the molecule is CC(C)C(=O)c1ccn(CCCCC(C)(C)C#N)c1. The van der Waals surface area contributed by atoms with Crippen LogP contribution in [-0.2, 0) is 6.54 Å². The highest BCUT2D eigenvalue weighted by molar-refractivity contribution is 5.97. The van der Waals surface area contributed by atoms with Crippen LogP contribution in [0.3, 0.4) is 0 Å². The molecule has 0 unspecified atom stereocenters. The van der Waals surface area contributed by atoms with Crippen LogP contribution in [0.2, 0.25) is 0 Å². The zero-order chi connectivity index (χ0) is 14.5. The van der Waals surface area contributed by atoms with Gasteiger partial charge in [-0.2, -0.15) is 5.26 Å². The molecule has 0 aliphatic heterocycles. The maximum Gasteiger partial charge on any atom is 0.166 e. The van der Waals surface area contributed by atoms with Crippen molar-refractivity contribution < 1.29 is 4.79 Å². The molecule has 0 aromatic carbocycles. The van der Waals surface area contributed by atoms with Gasteiger partial charge in [-0.3, -0.25) is 4.79 Å². The second kappa shape index (κ2) is 6.56. The lowest BCUT2D eigenvalue weighted by molar-refractivity contribution is 0.0939. The lowest BCUT2D eigenvalue weighted by Gasteiger charge is -2.14. The topological polar surface area (TPSA) is 45.8 Å². The highest BCUT2D eigenvalue weighted by atomic mass is 16.1. The molecule has 0 radical (unpaired) electrons. The van der Waals surface area contributed by atoms with Crippen LogP contribution in [0.5, 0.6) is 0 Å². The highest BCUT2D eigenvalue weighted by Crippen LogP contribution is 2.21. The lowest BCUT2D eigenvalue weighted by Crippen LogP contribution is -2.08. The van der Waals surface area contributed by atoms with Crippen LogP contribution in [-0.4, -0.2) is 10.4 Å². The van der Waals surface area contributed by atoms with Crippen molar-refractivity contribution in [3.05, 3.63) is 24.0 Å². The Hall–Kier alpha value is -1.56. The van der Waals surface area contributed by atoms with E-state index in [2.05, 4.69) is 10.6 Å². The van der Waals surface area contributed by atoms with Gasteiger partial charge in [0.1, 0.15) is 0 Å². The third kappa shape index (κ3) is 4.90. The first-order chi connectivity index (χ1) is 8.85. The van der Waals surface area contributed by atoms with E-state index in [1.807, 2.05) is 46.2 Å². The first-order valence-electron chi connectivity index (χ1n) is 6.97. The number of ketones is 1. The van der Waals surface area contributed by atoms with Crippen molar-refractivity contribution in [2.45, 2.75) is 53.5 Å². The molecule has 0 N–H and O–H groups in total. The number of nitrogens with zero attached hydrogens (tertiary/aromatic N) is 2. The number of carbonyl (C=O) groups excluding carboxylic acids is 1. The fourth-order valence-corrected chi connectivity index (χ4v) is 1.98. The third-order valence-corrected chi connectivity index (χ3v) is 3.33. The zero-order valence-corrected chi connectivity index (χ0v) is 12.4. The maximum absolute atomic E-state index is 11.8. The number of nitriles is 1. The highest BCUT2D eigenvalue weighted by Gasteiger charge is 2.15. The Balaban J connectivity index is 2.40. The Bertz CT molecular complexity index is 463. The van der Waals surface area contributed by atoms with Crippen LogP contribution in [0.4, 0.5) is 0 Å². The van der Waals surface area contributed by atoms with Crippen molar-refractivity contribution in [3.63, 3.8) is 0 Å². The fourth-order valence-electron chi connectivity index (χ4n) is 1.98. The van der Waals surface area contributed by atoms with Crippen molar-refractivity contribution >= 4 is 5.78 Å². The Morgan fingerprint density at radius 2 is 2.11 bits per heavy atom. The summed E-state index contributed by atoms with van der Waals surface area (Å²) in [5, 5.41) is 8.93. The Labute approximate surface area is 116 Å². The van der Waals surface area contributed by atoms with Gasteiger partial charge in [0, 0.05) is 30.4 Å². The molecule has 0 saturated heterocycles. The quantitative estimate of drug-likeness (QED) is 0.548. The number of rotatable bonds is 7. The second-order valence-electron chi connectivity index (χ2n) is 6.11. The van der Waals surface area contributed by atoms with E-state index in [1.54, 1.807) is 0 Å². The first kappa shape index (κ1) is 15.5. The van der Waals surface area contributed by atoms with E-state index in [9.17, 15) is 4.79 Å². The number of aromatic nitrogens is 1. The van der Waals surface area contributed by atoms with Gasteiger partial charge in [0.15, 0.2) is 5.78 Å². The van der Waals surface area contributed by atoms with E-state index in [0.717, 1.165) is 31.4 Å². The minimum atomic E-state index is -0.227. The van der Waals surface area contributed by atoms with E-state index >= 15 is 0 Å². The largest absolute Gasteiger partial charge is 0.354 e. The van der Waals surface area contributed by atoms with Crippen molar-refractivity contribution in [2.24, 2.45) is 11.3 Å². The van der Waals surface area contributed by atoms with Gasteiger partial charge in [0.2, 0.25) is 0 Å². The van der Waals surface area contributed by atoms with Gasteiger partial charge in [-0.05, 0) is 32.8 Å². The van der Waals surface area contributed by atoms with Crippen LogP contribution < -0.4 is 0 Å². The summed E-state index contributed by atoms with van der Waals surface area (Å²) >= 11 is 0. The molecule has 0 fully saturated rings. The number of hydrogen-bond acceptors (Lipinski definition) is 2. The number of Topliss-reactive ketones (excluding diaryl/α,β-unsaturated/α-hetero) is 1. The molecule has 0 aliphatic rings. The lowest BCUT2D eigenvalue weighted by atomic mass is 9.89. The Morgan fingerprint density at radius 1 is 1.42 bits per heavy atom. The molecule has 1 heterocycles. The van der Waals surface area contributed by atoms with Gasteiger partial charge in [0.05, 0.1) is 11.5 Å². The van der Waals surface area contributed by atoms with Crippen molar-refractivity contribution in [1.82, 2.24) is 4.57 Å². The van der Waals surface area contributed by atoms with E-state index in [1.165, 1.54) is 0 Å². The second-order valence-corrected chi connectivity index (χ2v) is 6.11. The molecule has 19 heavy (non-hydrogen) atoms. The summed E-state index contributed by atoms with van der Waals surface area (Å²) in [4.78, 5) is 11.8. The first-order valence-corrected chi connectivity index (χ1v) is 6.97. The molecule has 1 rings (SSSR count). The van der Waals surface area contributed by atoms with Crippen LogP contribution >= 0.6 is 0 Å². The molecule has 0 amide bonds. The monoisotopic (exact) mass is 260 g/mol. The predicted molar refractivity (Wildman–Crippen MR) is 76.8 cm³/mol. The van der Waals surface area contributed by atoms with Gasteiger partial charge in [0.25, 0.3) is 0 Å². The summed E-state index contributed by atoms with van der Waals surface area (Å²) in [5.41, 5.74) is 0.572. The average molecular weight is 260 g/mol. The molecule has 0 aliphatic carbocycles. The molecule has 104 valence electrons. The molecule has 3 heteroatoms. The van der Waals surface area contributed by atoms with Crippen molar-refractivity contribution in [3.8, 4) is 6.07 Å². The van der Waals surface area contributed by atoms with E-state index < -0.39 is 0 Å². The van der Waals surface area contributed by atoms with E-state index in [0.29, 0.717) is 0 Å². The Morgan fingerprint density at radius 3 is 2.68 bits per heavy atom. The molecular formula is C16H24N2O. The van der Waals surface area contributed by atoms with E-state index in [4.69, 9.17) is 5.26 Å². The van der Waals surface area contributed by atoms with Gasteiger partial charge in [-0.25, -0.2) is 0 Å². The van der Waals surface area contributed by atoms with Crippen molar-refractivity contribution in [2.75, 3.05) is 0 Å². The molecule has 0 saturated carbocycles. The van der Waals surface area contributed by atoms with Gasteiger partial charge >= 0.3 is 0 Å². The zero-order valence-electron chi connectivity index (χ0n) is 12.4. The van der Waals surface area contributed by atoms with Crippen LogP contribution in [0, 0.1) is 22.7 Å². The Kier molecular flexibility index (Phi) is 5.35. The van der Waals surface area contributed by atoms with Crippen molar-refractivity contribution in [1.29, 1.82) is 5.26 Å². The molecule has 0 bridgehead atoms. The van der Waals surface area contributed by atoms with E-state index in [-0.39, 0.29) is 17.1 Å². The maximum atomic E-state index is 11.8. The van der Waals surface area contributed by atoms with Gasteiger partial charge in [-0.15, -0.1) is 0 Å². The normalized spacial score (nSPS) is 11.6. The molecule has 3 nitrogen and oxygen atoms in total. The third-order valence-electron chi connectivity index (χ3n) is 3.33. The number of hydrogen-bond donors (Lipinski definition) is 0. The van der Waals surface area contributed by atoms with Gasteiger partial charge < -0.3 is 4.57 Å². The standard InChI is InChI=1S/C16H24N2O/c1-13(2)15(19)14-7-10-18(11-14)9-6-5-8-16(3,4)12-17/h7,10-11,13H,5-6,8-9H2,1-4H3. The predicted octanol–water partition coefficient (Wildman–Crippen LogP) is 4.05. The summed E-state index contributed by atoms with van der Waals surface area (Å²) in [5.74, 6) is 0.247. The molecule has 1 aromatic heterocycles. The summed E-state index contributed by atoms with van der Waals surface area (Å²) in [6, 6.07) is 4.21. The van der Waals surface area contributed by atoms with Crippen LogP contribution in [0.15, 0.2) is 18.5 Å². The summed E-state index contributed by atoms with van der Waals surface area (Å²) in [7, 11) is 0.